The summed E-state index contributed by atoms with van der Waals surface area (Å²) >= 11 is 0. The van der Waals surface area contributed by atoms with Gasteiger partial charge in [0, 0.05) is 31.9 Å². The van der Waals surface area contributed by atoms with Gasteiger partial charge in [-0.2, -0.15) is 13.5 Å². The van der Waals surface area contributed by atoms with E-state index < -0.39 is 16.4 Å². The van der Waals surface area contributed by atoms with Crippen molar-refractivity contribution in [3.63, 3.8) is 0 Å². The molecule has 1 aromatic rings. The minimum absolute atomic E-state index is 0.242. The van der Waals surface area contributed by atoms with Crippen LogP contribution < -0.4 is 10.8 Å². The van der Waals surface area contributed by atoms with Crippen LogP contribution in [-0.4, -0.2) is 88.7 Å². The van der Waals surface area contributed by atoms with Crippen molar-refractivity contribution >= 4 is 22.8 Å². The molecule has 3 saturated heterocycles. The second kappa shape index (κ2) is 9.45. The Hall–Kier alpha value is -2.33. The first-order chi connectivity index (χ1) is 13.9. The van der Waals surface area contributed by atoms with Crippen LogP contribution in [0.3, 0.4) is 0 Å². The van der Waals surface area contributed by atoms with E-state index >= 15 is 0 Å². The zero-order chi connectivity index (χ0) is 20.9. The van der Waals surface area contributed by atoms with Crippen LogP contribution in [0.25, 0.3) is 0 Å². The quantitative estimate of drug-likeness (QED) is 0.199. The zero-order valence-electron chi connectivity index (χ0n) is 15.5. The molecule has 15 heteroatoms. The third-order valence-corrected chi connectivity index (χ3v) is 5.14. The van der Waals surface area contributed by atoms with Crippen molar-refractivity contribution in [1.82, 2.24) is 35.8 Å². The summed E-state index contributed by atoms with van der Waals surface area (Å²) in [5.74, 6) is 0. The number of urea groups is 1. The van der Waals surface area contributed by atoms with Gasteiger partial charge < -0.3 is 10.2 Å². The number of nitrogens with one attached hydrogen (secondary N) is 2. The molecule has 3 N–H and O–H groups in total. The normalized spacial score (nSPS) is 26.2. The van der Waals surface area contributed by atoms with E-state index in [0.717, 1.165) is 24.4 Å². The van der Waals surface area contributed by atoms with E-state index in [-0.39, 0.29) is 12.1 Å². The second-order valence-corrected chi connectivity index (χ2v) is 7.78. The minimum atomic E-state index is -4.60. The van der Waals surface area contributed by atoms with E-state index in [1.54, 1.807) is 6.20 Å². The summed E-state index contributed by atoms with van der Waals surface area (Å²) in [6.45, 7) is 2.39. The molecule has 0 saturated carbocycles. The lowest BCUT2D eigenvalue weighted by Gasteiger charge is -2.20. The number of nitrogens with zero attached hydrogens (tertiary/aromatic N) is 5. The van der Waals surface area contributed by atoms with E-state index in [2.05, 4.69) is 25.4 Å². The molecule has 0 aliphatic carbocycles. The Morgan fingerprint density at radius 2 is 2.24 bits per heavy atom. The Kier molecular flexibility index (Phi) is 6.96. The molecule has 162 valence electrons. The maximum absolute atomic E-state index is 11.4. The van der Waals surface area contributed by atoms with Crippen LogP contribution in [0.5, 0.6) is 0 Å². The zero-order valence-corrected chi connectivity index (χ0v) is 16.3. The molecule has 3 fully saturated rings. The maximum atomic E-state index is 11.4. The van der Waals surface area contributed by atoms with Gasteiger partial charge >= 0.3 is 16.4 Å². The number of hydrogen-bond acceptors (Lipinski definition) is 9. The second-order valence-electron chi connectivity index (χ2n) is 6.78. The molecule has 1 aromatic heterocycles. The summed E-state index contributed by atoms with van der Waals surface area (Å²) in [4.78, 5) is 27.8. The highest BCUT2D eigenvalue weighted by molar-refractivity contribution is 7.80. The average Bonchev–Trinajstić information content (AvgIpc) is 3.40. The van der Waals surface area contributed by atoms with E-state index in [9.17, 15) is 18.0 Å². The van der Waals surface area contributed by atoms with Crippen molar-refractivity contribution in [1.29, 1.82) is 0 Å². The van der Waals surface area contributed by atoms with E-state index in [1.165, 1.54) is 4.90 Å². The SMILES string of the molecule is O=C1N2CCCC(C2)N1OS(=O)(=O)O.O=CNOCC1CC(n2ccnn2)CN1. The number of carbonyl (C=O) groups is 2. The largest absolute Gasteiger partial charge is 0.418 e. The first-order valence-corrected chi connectivity index (χ1v) is 10.4. The van der Waals surface area contributed by atoms with E-state index in [0.29, 0.717) is 38.6 Å². The van der Waals surface area contributed by atoms with Gasteiger partial charge in [-0.3, -0.25) is 14.2 Å². The molecule has 29 heavy (non-hydrogen) atoms. The molecule has 14 nitrogen and oxygen atoms in total. The molecule has 4 rings (SSSR count). The summed E-state index contributed by atoms with van der Waals surface area (Å²) in [6, 6.07) is -0.202. The predicted molar refractivity (Wildman–Crippen MR) is 95.1 cm³/mol. The van der Waals surface area contributed by atoms with Gasteiger partial charge in [-0.25, -0.2) is 15.0 Å². The molecule has 3 aliphatic heterocycles. The minimum Gasteiger partial charge on any atom is -0.321 e. The van der Waals surface area contributed by atoms with Crippen molar-refractivity contribution in [2.75, 3.05) is 26.2 Å². The molecule has 2 bridgehead atoms. The van der Waals surface area contributed by atoms with Gasteiger partial charge in [0.1, 0.15) is 0 Å². The Bertz CT molecular complexity index is 790. The van der Waals surface area contributed by atoms with Crippen molar-refractivity contribution in [3.05, 3.63) is 12.4 Å². The fourth-order valence-corrected chi connectivity index (χ4v) is 3.92. The summed E-state index contributed by atoms with van der Waals surface area (Å²) in [7, 11) is -4.60. The number of piperidine rings is 1. The highest BCUT2D eigenvalue weighted by Gasteiger charge is 2.43. The third-order valence-electron chi connectivity index (χ3n) is 4.79. The highest BCUT2D eigenvalue weighted by atomic mass is 32.3. The van der Waals surface area contributed by atoms with Gasteiger partial charge in [-0.1, -0.05) is 5.21 Å². The van der Waals surface area contributed by atoms with Crippen LogP contribution in [0.1, 0.15) is 25.3 Å². The van der Waals surface area contributed by atoms with Gasteiger partial charge in [-0.05, 0) is 19.3 Å². The molecule has 4 heterocycles. The first kappa shape index (κ1) is 21.4. The van der Waals surface area contributed by atoms with Gasteiger partial charge in [0.15, 0.2) is 0 Å². The molecule has 3 aliphatic rings. The maximum Gasteiger partial charge on any atom is 0.418 e. The number of carbonyl (C=O) groups excluding carboxylic acids is 2. The lowest BCUT2D eigenvalue weighted by Crippen LogP contribution is -2.35. The van der Waals surface area contributed by atoms with E-state index in [4.69, 9.17) is 9.39 Å². The molecule has 0 spiro atoms. The van der Waals surface area contributed by atoms with E-state index in [1.807, 2.05) is 10.9 Å². The van der Waals surface area contributed by atoms with Crippen LogP contribution in [0.15, 0.2) is 12.4 Å². The Balaban J connectivity index is 0.000000166. The molecule has 0 aromatic carbocycles. The van der Waals surface area contributed by atoms with Crippen molar-refractivity contribution in [2.45, 2.75) is 37.4 Å². The highest BCUT2D eigenvalue weighted by Crippen LogP contribution is 2.26. The fraction of sp³-hybridized carbons (Fsp3) is 0.714. The lowest BCUT2D eigenvalue weighted by molar-refractivity contribution is -0.121. The fourth-order valence-electron chi connectivity index (χ4n) is 3.53. The van der Waals surface area contributed by atoms with Crippen LogP contribution in [0.2, 0.25) is 0 Å². The van der Waals surface area contributed by atoms with Crippen LogP contribution >= 0.6 is 0 Å². The first-order valence-electron chi connectivity index (χ1n) is 9.02. The van der Waals surface area contributed by atoms with Gasteiger partial charge in [-0.15, -0.1) is 9.38 Å². The number of hydrogen-bond donors (Lipinski definition) is 3. The topological polar surface area (TPSA) is 168 Å². The molecular weight excluding hydrogens is 410 g/mol. The van der Waals surface area contributed by atoms with Crippen molar-refractivity contribution in [2.24, 2.45) is 0 Å². The standard InChI is InChI=1S/C8H13N5O2.C6H10N2O5S/c14-6-11-15-5-7-3-8(4-9-7)13-2-1-10-12-13;9-6-7-3-1-2-5(4-7)8(6)13-14(10,11)12/h1-2,6-9H,3-5H2,(H,11,14);5H,1-4H2,(H,10,11,12). The van der Waals surface area contributed by atoms with Crippen LogP contribution in [0, 0.1) is 0 Å². The molecule has 3 amide bonds. The van der Waals surface area contributed by atoms with Crippen molar-refractivity contribution in [3.8, 4) is 0 Å². The van der Waals surface area contributed by atoms with Gasteiger partial charge in [0.05, 0.1) is 24.9 Å². The summed E-state index contributed by atoms with van der Waals surface area (Å²) in [6.07, 6.45) is 6.46. The number of aromatic nitrogens is 3. The Morgan fingerprint density at radius 3 is 2.90 bits per heavy atom. The summed E-state index contributed by atoms with van der Waals surface area (Å²) in [5, 5.41) is 11.7. The lowest BCUT2D eigenvalue weighted by atomic mass is 10.1. The molecular formula is C14H23N7O7S. The number of amides is 3. The smallest absolute Gasteiger partial charge is 0.321 e. The Morgan fingerprint density at radius 1 is 1.41 bits per heavy atom. The molecule has 0 radical (unpaired) electrons. The summed E-state index contributed by atoms with van der Waals surface area (Å²) in [5.41, 5.74) is 2.17. The number of rotatable bonds is 7. The van der Waals surface area contributed by atoms with Crippen LogP contribution in [-0.2, 0) is 24.3 Å². The molecule has 3 unspecified atom stereocenters. The third kappa shape index (κ3) is 5.83. The predicted octanol–water partition coefficient (Wildman–Crippen LogP) is -1.52. The number of fused-ring (bicyclic) bond motifs is 2. The average molecular weight is 433 g/mol. The monoisotopic (exact) mass is 433 g/mol. The van der Waals surface area contributed by atoms with Crippen LogP contribution in [0.4, 0.5) is 4.79 Å². The Labute approximate surface area is 167 Å². The van der Waals surface area contributed by atoms with Gasteiger partial charge in [0.25, 0.3) is 0 Å². The summed E-state index contributed by atoms with van der Waals surface area (Å²) < 4.78 is 35.4. The number of hydroxylamine groups is 3. The van der Waals surface area contributed by atoms with Gasteiger partial charge in [0.2, 0.25) is 6.41 Å². The molecule has 3 atom stereocenters. The van der Waals surface area contributed by atoms with Crippen molar-refractivity contribution < 1.29 is 31.7 Å².